The molecule has 1 N–H and O–H groups in total. The van der Waals surface area contributed by atoms with E-state index in [1.807, 2.05) is 19.1 Å². The number of thiophene rings is 1. The first-order chi connectivity index (χ1) is 7.74. The molecule has 0 bridgehead atoms. The average Bonchev–Trinajstić information content (AvgIpc) is 2.89. The summed E-state index contributed by atoms with van der Waals surface area (Å²) in [7, 11) is 0. The van der Waals surface area contributed by atoms with Crippen molar-refractivity contribution < 1.29 is 4.42 Å². The molecule has 2 aromatic rings. The number of nitrogens with one attached hydrogen (secondary N) is 1. The van der Waals surface area contributed by atoms with E-state index >= 15 is 0 Å². The lowest BCUT2D eigenvalue weighted by Crippen LogP contribution is -2.20. The number of aryl methyl sites for hydroxylation is 1. The summed E-state index contributed by atoms with van der Waals surface area (Å²) in [6, 6.07) is 3.93. The van der Waals surface area contributed by atoms with Crippen LogP contribution < -0.4 is 5.32 Å². The van der Waals surface area contributed by atoms with Crippen LogP contribution in [0.5, 0.6) is 0 Å². The second kappa shape index (κ2) is 5.04. The lowest BCUT2D eigenvalue weighted by Gasteiger charge is -2.14. The van der Waals surface area contributed by atoms with Crippen molar-refractivity contribution in [3.63, 3.8) is 0 Å². The number of hydrogen-bond acceptors (Lipinski definition) is 3. The van der Waals surface area contributed by atoms with Gasteiger partial charge in [0.1, 0.15) is 11.8 Å². The number of halogens is 1. The highest BCUT2D eigenvalue weighted by atomic mass is 35.5. The molecule has 0 aliphatic rings. The average molecular weight is 256 g/mol. The summed E-state index contributed by atoms with van der Waals surface area (Å²) in [4.78, 5) is 1.12. The van der Waals surface area contributed by atoms with E-state index in [-0.39, 0.29) is 6.04 Å². The first kappa shape index (κ1) is 11.7. The SMILES string of the molecule is CCNC(c1ccco1)c1scc(C)c1Cl. The molecule has 0 amide bonds. The van der Waals surface area contributed by atoms with Crippen LogP contribution in [0.4, 0.5) is 0 Å². The van der Waals surface area contributed by atoms with Gasteiger partial charge in [0.25, 0.3) is 0 Å². The minimum absolute atomic E-state index is 0.0613. The van der Waals surface area contributed by atoms with Crippen LogP contribution in [-0.4, -0.2) is 6.54 Å². The van der Waals surface area contributed by atoms with E-state index in [1.54, 1.807) is 17.6 Å². The molecule has 1 unspecified atom stereocenters. The Hall–Kier alpha value is -0.770. The van der Waals surface area contributed by atoms with Crippen LogP contribution in [0.2, 0.25) is 5.02 Å². The zero-order chi connectivity index (χ0) is 11.5. The Kier molecular flexibility index (Phi) is 3.69. The maximum absolute atomic E-state index is 6.28. The Balaban J connectivity index is 2.37. The van der Waals surface area contributed by atoms with Crippen LogP contribution in [-0.2, 0) is 0 Å². The molecule has 2 nitrogen and oxygen atoms in total. The third-order valence-electron chi connectivity index (χ3n) is 2.42. The minimum atomic E-state index is 0.0613. The highest BCUT2D eigenvalue weighted by Crippen LogP contribution is 2.35. The number of hydrogen-bond donors (Lipinski definition) is 1. The first-order valence-electron chi connectivity index (χ1n) is 5.24. The van der Waals surface area contributed by atoms with E-state index in [1.165, 1.54) is 0 Å². The molecule has 16 heavy (non-hydrogen) atoms. The van der Waals surface area contributed by atoms with E-state index in [0.29, 0.717) is 0 Å². The molecule has 0 aromatic carbocycles. The standard InChI is InChI=1S/C12H14ClNOS/c1-3-14-11(9-5-4-6-15-9)12-10(13)8(2)7-16-12/h4-7,11,14H,3H2,1-2H3. The largest absolute Gasteiger partial charge is 0.467 e. The van der Waals surface area contributed by atoms with E-state index < -0.39 is 0 Å². The third kappa shape index (κ3) is 2.17. The molecule has 4 heteroatoms. The van der Waals surface area contributed by atoms with E-state index in [2.05, 4.69) is 17.6 Å². The van der Waals surface area contributed by atoms with Crippen molar-refractivity contribution in [1.82, 2.24) is 5.32 Å². The van der Waals surface area contributed by atoms with Crippen LogP contribution >= 0.6 is 22.9 Å². The molecule has 1 atom stereocenters. The molecular weight excluding hydrogens is 242 g/mol. The highest BCUT2D eigenvalue weighted by Gasteiger charge is 2.21. The lowest BCUT2D eigenvalue weighted by molar-refractivity contribution is 0.455. The van der Waals surface area contributed by atoms with E-state index in [9.17, 15) is 0 Å². The van der Waals surface area contributed by atoms with Crippen molar-refractivity contribution in [2.75, 3.05) is 6.54 Å². The summed E-state index contributed by atoms with van der Waals surface area (Å²) in [6.07, 6.45) is 1.69. The molecule has 0 aliphatic heterocycles. The normalized spacial score (nSPS) is 12.9. The van der Waals surface area contributed by atoms with Gasteiger partial charge in [-0.2, -0.15) is 0 Å². The Morgan fingerprint density at radius 1 is 1.56 bits per heavy atom. The predicted molar refractivity (Wildman–Crippen MR) is 68.3 cm³/mol. The lowest BCUT2D eigenvalue weighted by atomic mass is 10.1. The quantitative estimate of drug-likeness (QED) is 0.893. The van der Waals surface area contributed by atoms with Crippen molar-refractivity contribution in [2.24, 2.45) is 0 Å². The summed E-state index contributed by atoms with van der Waals surface area (Å²) in [6.45, 7) is 4.97. The van der Waals surface area contributed by atoms with E-state index in [4.69, 9.17) is 16.0 Å². The molecule has 2 heterocycles. The van der Waals surface area contributed by atoms with Gasteiger partial charge < -0.3 is 9.73 Å². The summed E-state index contributed by atoms with van der Waals surface area (Å²) < 4.78 is 5.45. The van der Waals surface area contributed by atoms with Gasteiger partial charge in [0.15, 0.2) is 0 Å². The van der Waals surface area contributed by atoms with Gasteiger partial charge in [-0.25, -0.2) is 0 Å². The Morgan fingerprint density at radius 3 is 2.88 bits per heavy atom. The zero-order valence-corrected chi connectivity index (χ0v) is 10.9. The van der Waals surface area contributed by atoms with Gasteiger partial charge in [0, 0.05) is 4.88 Å². The maximum Gasteiger partial charge on any atom is 0.126 e. The van der Waals surface area contributed by atoms with Gasteiger partial charge in [0.05, 0.1) is 11.3 Å². The van der Waals surface area contributed by atoms with Crippen LogP contribution in [0.15, 0.2) is 28.2 Å². The molecule has 0 aliphatic carbocycles. The molecule has 2 aromatic heterocycles. The molecular formula is C12H14ClNOS. The van der Waals surface area contributed by atoms with Gasteiger partial charge in [-0.1, -0.05) is 18.5 Å². The van der Waals surface area contributed by atoms with Crippen molar-refractivity contribution >= 4 is 22.9 Å². The third-order valence-corrected chi connectivity index (χ3v) is 4.20. The Labute approximate surface area is 104 Å². The van der Waals surface area contributed by atoms with E-state index in [0.717, 1.165) is 27.8 Å². The van der Waals surface area contributed by atoms with Crippen molar-refractivity contribution in [3.8, 4) is 0 Å². The van der Waals surface area contributed by atoms with Crippen LogP contribution in [0, 0.1) is 6.92 Å². The van der Waals surface area contributed by atoms with Gasteiger partial charge in [0.2, 0.25) is 0 Å². The van der Waals surface area contributed by atoms with Crippen molar-refractivity contribution in [2.45, 2.75) is 19.9 Å². The Bertz CT molecular complexity index is 450. The van der Waals surface area contributed by atoms with Crippen LogP contribution in [0.25, 0.3) is 0 Å². The predicted octanol–water partition coefficient (Wildman–Crippen LogP) is 4.00. The molecule has 0 fully saturated rings. The molecule has 0 saturated carbocycles. The summed E-state index contributed by atoms with van der Waals surface area (Å²) in [5.74, 6) is 0.908. The second-order valence-electron chi connectivity index (χ2n) is 3.60. The summed E-state index contributed by atoms with van der Waals surface area (Å²) >= 11 is 7.95. The molecule has 0 saturated heterocycles. The van der Waals surface area contributed by atoms with Gasteiger partial charge in [-0.05, 0) is 36.5 Å². The summed E-state index contributed by atoms with van der Waals surface area (Å²) in [5, 5.41) is 6.30. The highest BCUT2D eigenvalue weighted by molar-refractivity contribution is 7.10. The van der Waals surface area contributed by atoms with Crippen molar-refractivity contribution in [3.05, 3.63) is 45.0 Å². The van der Waals surface area contributed by atoms with Gasteiger partial charge in [-0.15, -0.1) is 11.3 Å². The topological polar surface area (TPSA) is 25.2 Å². The first-order valence-corrected chi connectivity index (χ1v) is 6.50. The number of furan rings is 1. The smallest absolute Gasteiger partial charge is 0.126 e. The molecule has 0 spiro atoms. The fourth-order valence-electron chi connectivity index (χ4n) is 1.63. The van der Waals surface area contributed by atoms with Gasteiger partial charge >= 0.3 is 0 Å². The monoisotopic (exact) mass is 255 g/mol. The Morgan fingerprint density at radius 2 is 2.38 bits per heavy atom. The fraction of sp³-hybridized carbons (Fsp3) is 0.333. The fourth-order valence-corrected chi connectivity index (χ4v) is 3.01. The van der Waals surface area contributed by atoms with Crippen molar-refractivity contribution in [1.29, 1.82) is 0 Å². The summed E-state index contributed by atoms with van der Waals surface area (Å²) in [5.41, 5.74) is 1.12. The maximum atomic E-state index is 6.28. The van der Waals surface area contributed by atoms with Crippen LogP contribution in [0.3, 0.4) is 0 Å². The molecule has 2 rings (SSSR count). The number of rotatable bonds is 4. The van der Waals surface area contributed by atoms with Gasteiger partial charge in [-0.3, -0.25) is 0 Å². The van der Waals surface area contributed by atoms with Crippen LogP contribution in [0.1, 0.15) is 29.2 Å². The molecule has 86 valence electrons. The minimum Gasteiger partial charge on any atom is -0.467 e. The zero-order valence-electron chi connectivity index (χ0n) is 9.29. The second-order valence-corrected chi connectivity index (χ2v) is 4.89. The molecule has 0 radical (unpaired) electrons.